The van der Waals surface area contributed by atoms with Gasteiger partial charge in [0, 0.05) is 17.5 Å². The van der Waals surface area contributed by atoms with Crippen LogP contribution in [0.1, 0.15) is 23.9 Å². The first-order chi connectivity index (χ1) is 9.19. The van der Waals surface area contributed by atoms with E-state index in [1.165, 1.54) is 4.88 Å². The zero-order valence-electron chi connectivity index (χ0n) is 11.1. The molecule has 0 aromatic carbocycles. The minimum absolute atomic E-state index is 0.268. The predicted molar refractivity (Wildman–Crippen MR) is 79.4 cm³/mol. The number of hydrogen-bond acceptors (Lipinski definition) is 7. The van der Waals surface area contributed by atoms with Crippen LogP contribution in [0.4, 0.5) is 17.6 Å². The number of hydrogen-bond donors (Lipinski definition) is 3. The van der Waals surface area contributed by atoms with Crippen molar-refractivity contribution in [2.24, 2.45) is 0 Å². The third-order valence-corrected chi connectivity index (χ3v) is 3.51. The third-order valence-electron chi connectivity index (χ3n) is 2.57. The molecule has 19 heavy (non-hydrogen) atoms. The van der Waals surface area contributed by atoms with Gasteiger partial charge in [0.25, 0.3) is 0 Å². The van der Waals surface area contributed by atoms with Gasteiger partial charge >= 0.3 is 0 Å². The van der Waals surface area contributed by atoms with Crippen LogP contribution >= 0.6 is 11.3 Å². The van der Waals surface area contributed by atoms with Crippen molar-refractivity contribution in [3.05, 3.63) is 22.1 Å². The summed E-state index contributed by atoms with van der Waals surface area (Å²) in [6.07, 6.45) is 1.03. The van der Waals surface area contributed by atoms with Crippen molar-refractivity contribution >= 4 is 28.9 Å². The Morgan fingerprint density at radius 3 is 2.63 bits per heavy atom. The summed E-state index contributed by atoms with van der Waals surface area (Å²) in [6, 6.07) is 1.86. The molecule has 2 heterocycles. The van der Waals surface area contributed by atoms with Gasteiger partial charge in [-0.3, -0.25) is 0 Å². The van der Waals surface area contributed by atoms with Crippen LogP contribution in [0.5, 0.6) is 0 Å². The first kappa shape index (κ1) is 13.5. The van der Waals surface area contributed by atoms with Gasteiger partial charge in [0.05, 0.1) is 17.7 Å². The Morgan fingerprint density at radius 1 is 1.26 bits per heavy atom. The molecule has 0 radical (unpaired) electrons. The van der Waals surface area contributed by atoms with E-state index in [9.17, 15) is 0 Å². The minimum Gasteiger partial charge on any atom is -0.370 e. The normalized spacial score (nSPS) is 10.4. The number of aryl methyl sites for hydroxylation is 1. The molecule has 0 atom stereocenters. The quantitative estimate of drug-likeness (QED) is 0.751. The number of nitrogens with zero attached hydrogens (tertiary/aromatic N) is 3. The van der Waals surface area contributed by atoms with E-state index < -0.39 is 0 Å². The van der Waals surface area contributed by atoms with Gasteiger partial charge < -0.3 is 16.4 Å². The Labute approximate surface area is 116 Å². The number of aromatic nitrogens is 3. The van der Waals surface area contributed by atoms with E-state index in [0.717, 1.165) is 30.3 Å². The molecule has 6 nitrogen and oxygen atoms in total. The van der Waals surface area contributed by atoms with E-state index >= 15 is 0 Å². The van der Waals surface area contributed by atoms with Crippen LogP contribution in [-0.2, 0) is 6.54 Å². The van der Waals surface area contributed by atoms with Crippen molar-refractivity contribution in [2.45, 2.75) is 26.8 Å². The van der Waals surface area contributed by atoms with E-state index in [1.54, 1.807) is 11.3 Å². The monoisotopic (exact) mass is 278 g/mol. The lowest BCUT2D eigenvalue weighted by Crippen LogP contribution is -2.08. The lowest BCUT2D eigenvalue weighted by atomic mass is 10.4. The second-order valence-corrected chi connectivity index (χ2v) is 5.08. The van der Waals surface area contributed by atoms with Crippen molar-refractivity contribution in [1.82, 2.24) is 15.0 Å². The lowest BCUT2D eigenvalue weighted by molar-refractivity contribution is 0.965. The Balaban J connectivity index is 2.03. The van der Waals surface area contributed by atoms with E-state index in [-0.39, 0.29) is 5.95 Å². The summed E-state index contributed by atoms with van der Waals surface area (Å²) in [4.78, 5) is 13.7. The van der Waals surface area contributed by atoms with Crippen molar-refractivity contribution in [2.75, 3.05) is 22.9 Å². The van der Waals surface area contributed by atoms with Gasteiger partial charge in [-0.05, 0) is 13.3 Å². The largest absolute Gasteiger partial charge is 0.370 e. The highest BCUT2D eigenvalue weighted by molar-refractivity contribution is 7.09. The van der Waals surface area contributed by atoms with Crippen molar-refractivity contribution in [3.63, 3.8) is 0 Å². The lowest BCUT2D eigenvalue weighted by Gasteiger charge is -2.09. The number of anilines is 3. The number of nitrogen functional groups attached to an aromatic ring is 1. The molecule has 7 heteroatoms. The summed E-state index contributed by atoms with van der Waals surface area (Å²) in [5.41, 5.74) is 8.59. The van der Waals surface area contributed by atoms with E-state index in [1.807, 2.05) is 18.5 Å². The molecule has 0 aliphatic heterocycles. The summed E-state index contributed by atoms with van der Waals surface area (Å²) < 4.78 is 0. The smallest absolute Gasteiger partial charge is 0.223 e. The van der Waals surface area contributed by atoms with Gasteiger partial charge in [-0.1, -0.05) is 6.92 Å². The average Bonchev–Trinajstić information content (AvgIpc) is 2.79. The van der Waals surface area contributed by atoms with E-state index in [2.05, 4.69) is 32.5 Å². The molecule has 0 aliphatic carbocycles. The molecule has 0 spiro atoms. The first-order valence-corrected chi connectivity index (χ1v) is 7.08. The third kappa shape index (κ3) is 3.78. The SMILES string of the molecule is CCCNc1cc(NCc2scnc2C)nc(N)n1. The topological polar surface area (TPSA) is 88.8 Å². The molecule has 2 aromatic heterocycles. The minimum atomic E-state index is 0.268. The van der Waals surface area contributed by atoms with Crippen LogP contribution in [-0.4, -0.2) is 21.5 Å². The molecular formula is C12H18N6S. The van der Waals surface area contributed by atoms with Crippen LogP contribution in [0.2, 0.25) is 0 Å². The molecule has 2 rings (SSSR count). The molecule has 0 saturated heterocycles. The fourth-order valence-corrected chi connectivity index (χ4v) is 2.28. The van der Waals surface area contributed by atoms with Crippen molar-refractivity contribution in [3.8, 4) is 0 Å². The summed E-state index contributed by atoms with van der Waals surface area (Å²) in [5.74, 6) is 1.74. The summed E-state index contributed by atoms with van der Waals surface area (Å²) in [7, 11) is 0. The fraction of sp³-hybridized carbons (Fsp3) is 0.417. The zero-order chi connectivity index (χ0) is 13.7. The Hall–Kier alpha value is -1.89. The highest BCUT2D eigenvalue weighted by atomic mass is 32.1. The van der Waals surface area contributed by atoms with Gasteiger partial charge in [-0.25, -0.2) is 4.98 Å². The van der Waals surface area contributed by atoms with Gasteiger partial charge in [0.2, 0.25) is 5.95 Å². The standard InChI is InChI=1S/C12H18N6S/c1-3-4-14-10-5-11(18-12(13)17-10)15-6-9-8(2)16-7-19-9/h5,7H,3-4,6H2,1-2H3,(H4,13,14,15,17,18). The van der Waals surface area contributed by atoms with Crippen LogP contribution in [0.25, 0.3) is 0 Å². The van der Waals surface area contributed by atoms with Crippen LogP contribution in [0, 0.1) is 6.92 Å². The number of rotatable bonds is 6. The summed E-state index contributed by atoms with van der Waals surface area (Å²) in [6.45, 7) is 5.66. The maximum Gasteiger partial charge on any atom is 0.223 e. The van der Waals surface area contributed by atoms with E-state index in [0.29, 0.717) is 6.54 Å². The van der Waals surface area contributed by atoms with Crippen LogP contribution in [0.15, 0.2) is 11.6 Å². The molecule has 102 valence electrons. The summed E-state index contributed by atoms with van der Waals surface area (Å²) in [5, 5.41) is 6.44. The van der Waals surface area contributed by atoms with Gasteiger partial charge in [0.15, 0.2) is 0 Å². The van der Waals surface area contributed by atoms with Crippen molar-refractivity contribution in [1.29, 1.82) is 0 Å². The molecule has 0 aliphatic rings. The Kier molecular flexibility index (Phi) is 4.51. The van der Waals surface area contributed by atoms with Gasteiger partial charge in [-0.2, -0.15) is 9.97 Å². The van der Waals surface area contributed by atoms with Crippen LogP contribution < -0.4 is 16.4 Å². The maximum absolute atomic E-state index is 5.70. The number of nitrogens with two attached hydrogens (primary N) is 1. The molecular weight excluding hydrogens is 260 g/mol. The van der Waals surface area contributed by atoms with Crippen LogP contribution in [0.3, 0.4) is 0 Å². The van der Waals surface area contributed by atoms with Gasteiger partial charge in [0.1, 0.15) is 11.6 Å². The summed E-state index contributed by atoms with van der Waals surface area (Å²) >= 11 is 1.63. The molecule has 0 unspecified atom stereocenters. The molecule has 2 aromatic rings. The molecule has 0 fully saturated rings. The van der Waals surface area contributed by atoms with E-state index in [4.69, 9.17) is 5.73 Å². The van der Waals surface area contributed by atoms with Gasteiger partial charge in [-0.15, -0.1) is 11.3 Å². The second-order valence-electron chi connectivity index (χ2n) is 4.14. The second kappa shape index (κ2) is 6.33. The molecule has 0 saturated carbocycles. The highest BCUT2D eigenvalue weighted by Crippen LogP contribution is 2.16. The number of nitrogens with one attached hydrogen (secondary N) is 2. The Morgan fingerprint density at radius 2 is 2.00 bits per heavy atom. The maximum atomic E-state index is 5.70. The highest BCUT2D eigenvalue weighted by Gasteiger charge is 2.04. The fourth-order valence-electron chi connectivity index (χ4n) is 1.57. The average molecular weight is 278 g/mol. The predicted octanol–water partition coefficient (Wildman–Crippen LogP) is 2.26. The molecule has 0 amide bonds. The molecule has 0 bridgehead atoms. The Bertz CT molecular complexity index is 539. The molecule has 4 N–H and O–H groups in total. The first-order valence-electron chi connectivity index (χ1n) is 6.20. The zero-order valence-corrected chi connectivity index (χ0v) is 11.9. The number of thiazole rings is 1. The van der Waals surface area contributed by atoms with Crippen molar-refractivity contribution < 1.29 is 0 Å².